The van der Waals surface area contributed by atoms with Crippen molar-refractivity contribution in [1.29, 1.82) is 0 Å². The lowest BCUT2D eigenvalue weighted by atomic mass is 10.1. The van der Waals surface area contributed by atoms with E-state index in [9.17, 15) is 4.79 Å². The number of nitrogens with one attached hydrogen (secondary N) is 2. The summed E-state index contributed by atoms with van der Waals surface area (Å²) in [5.41, 5.74) is 3.19. The molecule has 2 bridgehead atoms. The van der Waals surface area contributed by atoms with Crippen molar-refractivity contribution in [2.24, 2.45) is 0 Å². The molecule has 0 aromatic heterocycles. The van der Waals surface area contributed by atoms with Crippen molar-refractivity contribution in [2.75, 3.05) is 29.9 Å². The van der Waals surface area contributed by atoms with Gasteiger partial charge in [-0.2, -0.15) is 0 Å². The molecular formula is C16H21N3O2. The van der Waals surface area contributed by atoms with Crippen molar-refractivity contribution in [1.82, 2.24) is 5.32 Å². The van der Waals surface area contributed by atoms with Crippen LogP contribution in [0.3, 0.4) is 0 Å². The molecule has 3 unspecified atom stereocenters. The van der Waals surface area contributed by atoms with Gasteiger partial charge in [0.15, 0.2) is 0 Å². The van der Waals surface area contributed by atoms with Gasteiger partial charge in [0.25, 0.3) is 0 Å². The number of amides is 1. The van der Waals surface area contributed by atoms with E-state index < -0.39 is 0 Å². The maximum absolute atomic E-state index is 12.0. The van der Waals surface area contributed by atoms with Crippen LogP contribution in [0.5, 0.6) is 0 Å². The van der Waals surface area contributed by atoms with Gasteiger partial charge in [0.1, 0.15) is 6.04 Å². The molecule has 0 spiro atoms. The Hall–Kier alpha value is -1.59. The van der Waals surface area contributed by atoms with E-state index in [2.05, 4.69) is 33.7 Å². The standard InChI is InChI=1S/C16H21N3O2/c1-2-17-15-13-6-3-10(7-14(13)18-16(15)20)19-8-11-4-5-12(9-19)21-11/h3,6-7,11-12,15,17H,2,4-5,8-9H2,1H3,(H,18,20). The number of rotatable bonds is 3. The quantitative estimate of drug-likeness (QED) is 0.888. The third kappa shape index (κ3) is 2.21. The topological polar surface area (TPSA) is 53.6 Å². The molecule has 0 saturated carbocycles. The predicted octanol–water partition coefficient (Wildman–Crippen LogP) is 1.66. The second-order valence-electron chi connectivity index (χ2n) is 6.11. The Kier molecular flexibility index (Phi) is 3.12. The maximum Gasteiger partial charge on any atom is 0.246 e. The van der Waals surface area contributed by atoms with Crippen molar-refractivity contribution < 1.29 is 9.53 Å². The average molecular weight is 287 g/mol. The minimum absolute atomic E-state index is 0.0473. The zero-order valence-electron chi connectivity index (χ0n) is 12.3. The van der Waals surface area contributed by atoms with E-state index in [1.165, 1.54) is 18.5 Å². The van der Waals surface area contributed by atoms with Gasteiger partial charge in [-0.05, 0) is 31.5 Å². The number of benzene rings is 1. The Morgan fingerprint density at radius 2 is 2.10 bits per heavy atom. The molecule has 3 aliphatic rings. The van der Waals surface area contributed by atoms with Crippen LogP contribution < -0.4 is 15.5 Å². The molecule has 1 aromatic rings. The fourth-order valence-corrected chi connectivity index (χ4v) is 3.68. The molecule has 1 amide bonds. The van der Waals surface area contributed by atoms with Crippen LogP contribution in [0.1, 0.15) is 31.4 Å². The Morgan fingerprint density at radius 1 is 1.33 bits per heavy atom. The van der Waals surface area contributed by atoms with Gasteiger partial charge in [-0.25, -0.2) is 0 Å². The zero-order chi connectivity index (χ0) is 14.4. The van der Waals surface area contributed by atoms with Crippen molar-refractivity contribution in [2.45, 2.75) is 38.0 Å². The summed E-state index contributed by atoms with van der Waals surface area (Å²) in [6.07, 6.45) is 3.10. The van der Waals surface area contributed by atoms with Crippen LogP contribution in [0.15, 0.2) is 18.2 Å². The van der Waals surface area contributed by atoms with Gasteiger partial charge >= 0.3 is 0 Å². The van der Waals surface area contributed by atoms with Gasteiger partial charge in [0, 0.05) is 30.0 Å². The van der Waals surface area contributed by atoms with Gasteiger partial charge < -0.3 is 20.3 Å². The third-order valence-corrected chi connectivity index (χ3v) is 4.68. The Morgan fingerprint density at radius 3 is 2.81 bits per heavy atom. The first kappa shape index (κ1) is 13.1. The molecule has 0 radical (unpaired) electrons. The number of morpholine rings is 1. The van der Waals surface area contributed by atoms with Crippen molar-refractivity contribution >= 4 is 17.3 Å². The van der Waals surface area contributed by atoms with Gasteiger partial charge in [-0.15, -0.1) is 0 Å². The zero-order valence-corrected chi connectivity index (χ0v) is 12.3. The summed E-state index contributed by atoms with van der Waals surface area (Å²) < 4.78 is 5.89. The lowest BCUT2D eigenvalue weighted by Crippen LogP contribution is -2.42. The molecule has 1 aromatic carbocycles. The number of ether oxygens (including phenoxy) is 1. The highest BCUT2D eigenvalue weighted by Gasteiger charge is 2.35. The van der Waals surface area contributed by atoms with E-state index in [0.717, 1.165) is 30.9 Å². The summed E-state index contributed by atoms with van der Waals surface area (Å²) in [5.74, 6) is 0.0473. The first-order valence-corrected chi connectivity index (χ1v) is 7.83. The fraction of sp³-hybridized carbons (Fsp3) is 0.562. The van der Waals surface area contributed by atoms with Crippen LogP contribution in [-0.2, 0) is 9.53 Å². The van der Waals surface area contributed by atoms with E-state index in [0.29, 0.717) is 12.2 Å². The van der Waals surface area contributed by atoms with Crippen LogP contribution in [0.25, 0.3) is 0 Å². The number of carbonyl (C=O) groups excluding carboxylic acids is 1. The molecule has 2 N–H and O–H groups in total. The number of hydrogen-bond acceptors (Lipinski definition) is 4. The highest BCUT2D eigenvalue weighted by atomic mass is 16.5. The number of carbonyl (C=O) groups is 1. The number of fused-ring (bicyclic) bond motifs is 3. The van der Waals surface area contributed by atoms with E-state index in [1.54, 1.807) is 0 Å². The summed E-state index contributed by atoms with van der Waals surface area (Å²) in [6.45, 7) is 4.72. The van der Waals surface area contributed by atoms with Crippen LogP contribution in [0.2, 0.25) is 0 Å². The fourth-order valence-electron chi connectivity index (χ4n) is 3.68. The minimum Gasteiger partial charge on any atom is -0.371 e. The van der Waals surface area contributed by atoms with E-state index in [-0.39, 0.29) is 11.9 Å². The van der Waals surface area contributed by atoms with Gasteiger partial charge in [-0.3, -0.25) is 4.79 Å². The van der Waals surface area contributed by atoms with Crippen molar-refractivity contribution in [3.05, 3.63) is 23.8 Å². The summed E-state index contributed by atoms with van der Waals surface area (Å²) in [5, 5.41) is 6.22. The van der Waals surface area contributed by atoms with E-state index in [4.69, 9.17) is 4.74 Å². The average Bonchev–Trinajstić information content (AvgIpc) is 2.98. The minimum atomic E-state index is -0.208. The SMILES string of the molecule is CCNC1C(=O)Nc2cc(N3CC4CCC(C3)O4)ccc21. The molecule has 3 heterocycles. The largest absolute Gasteiger partial charge is 0.371 e. The number of hydrogen-bond donors (Lipinski definition) is 2. The smallest absolute Gasteiger partial charge is 0.246 e. The van der Waals surface area contributed by atoms with Crippen molar-refractivity contribution in [3.8, 4) is 0 Å². The van der Waals surface area contributed by atoms with Gasteiger partial charge in [-0.1, -0.05) is 13.0 Å². The second kappa shape index (κ2) is 5.00. The normalized spacial score (nSPS) is 30.4. The van der Waals surface area contributed by atoms with Crippen LogP contribution in [-0.4, -0.2) is 37.7 Å². The maximum atomic E-state index is 12.0. The molecule has 112 valence electrons. The first-order valence-electron chi connectivity index (χ1n) is 7.83. The molecule has 0 aliphatic carbocycles. The summed E-state index contributed by atoms with van der Waals surface area (Å²) >= 11 is 0. The number of likely N-dealkylation sites (N-methyl/N-ethyl adjacent to an activating group) is 1. The highest BCUT2D eigenvalue weighted by Crippen LogP contribution is 2.36. The molecule has 4 rings (SSSR count). The Labute approximate surface area is 124 Å². The van der Waals surface area contributed by atoms with Crippen molar-refractivity contribution in [3.63, 3.8) is 0 Å². The first-order chi connectivity index (χ1) is 10.2. The molecule has 2 fully saturated rings. The molecular weight excluding hydrogens is 266 g/mol. The number of nitrogens with zero attached hydrogens (tertiary/aromatic N) is 1. The summed E-state index contributed by atoms with van der Waals surface area (Å²) in [7, 11) is 0. The molecule has 5 nitrogen and oxygen atoms in total. The molecule has 2 saturated heterocycles. The Bertz CT molecular complexity index is 563. The van der Waals surface area contributed by atoms with Gasteiger partial charge in [0.05, 0.1) is 12.2 Å². The van der Waals surface area contributed by atoms with Crippen LogP contribution in [0, 0.1) is 0 Å². The third-order valence-electron chi connectivity index (χ3n) is 4.68. The number of anilines is 2. The predicted molar refractivity (Wildman–Crippen MR) is 81.6 cm³/mol. The van der Waals surface area contributed by atoms with Crippen LogP contribution >= 0.6 is 0 Å². The molecule has 5 heteroatoms. The molecule has 3 atom stereocenters. The monoisotopic (exact) mass is 287 g/mol. The molecule has 3 aliphatic heterocycles. The highest BCUT2D eigenvalue weighted by molar-refractivity contribution is 6.03. The lowest BCUT2D eigenvalue weighted by Gasteiger charge is -2.34. The summed E-state index contributed by atoms with van der Waals surface area (Å²) in [6, 6.07) is 6.11. The summed E-state index contributed by atoms with van der Waals surface area (Å²) in [4.78, 5) is 14.4. The Balaban J connectivity index is 1.59. The molecule has 21 heavy (non-hydrogen) atoms. The van der Waals surface area contributed by atoms with E-state index >= 15 is 0 Å². The van der Waals surface area contributed by atoms with Crippen LogP contribution in [0.4, 0.5) is 11.4 Å². The second-order valence-corrected chi connectivity index (χ2v) is 6.11. The van der Waals surface area contributed by atoms with E-state index in [1.807, 2.05) is 6.92 Å². The van der Waals surface area contributed by atoms with Gasteiger partial charge in [0.2, 0.25) is 5.91 Å². The lowest BCUT2D eigenvalue weighted by molar-refractivity contribution is -0.117.